The summed E-state index contributed by atoms with van der Waals surface area (Å²) in [5.74, 6) is -1.05. The minimum Gasteiger partial charge on any atom is -0.355 e. The fourth-order valence-electron chi connectivity index (χ4n) is 1.27. The molecule has 0 aliphatic rings. The Morgan fingerprint density at radius 1 is 1.29 bits per heavy atom. The van der Waals surface area contributed by atoms with Crippen LogP contribution in [0, 0.1) is 5.82 Å². The van der Waals surface area contributed by atoms with Gasteiger partial charge in [0.05, 0.1) is 0 Å². The van der Waals surface area contributed by atoms with Crippen molar-refractivity contribution in [1.29, 1.82) is 0 Å². The predicted octanol–water partition coefficient (Wildman–Crippen LogP) is 1.08. The topological polar surface area (TPSA) is 58.2 Å². The largest absolute Gasteiger partial charge is 0.355 e. The number of carbonyl (C=O) groups is 2. The van der Waals surface area contributed by atoms with Gasteiger partial charge in [0.15, 0.2) is 0 Å². The SMILES string of the molecule is CCNC(=O)[C@@H](C)NC(=O)c1ccc(F)cc1. The molecule has 2 N–H and O–H groups in total. The quantitative estimate of drug-likeness (QED) is 0.824. The molecule has 0 aliphatic heterocycles. The first-order chi connectivity index (χ1) is 8.04. The first-order valence-corrected chi connectivity index (χ1v) is 5.38. The van der Waals surface area contributed by atoms with Crippen LogP contribution < -0.4 is 10.6 Å². The number of benzene rings is 1. The molecule has 17 heavy (non-hydrogen) atoms. The average Bonchev–Trinajstić information content (AvgIpc) is 2.30. The van der Waals surface area contributed by atoms with Crippen molar-refractivity contribution in [3.05, 3.63) is 35.6 Å². The fourth-order valence-corrected chi connectivity index (χ4v) is 1.27. The molecule has 5 heteroatoms. The summed E-state index contributed by atoms with van der Waals surface area (Å²) in [5, 5.41) is 5.12. The maximum atomic E-state index is 12.6. The maximum Gasteiger partial charge on any atom is 0.251 e. The van der Waals surface area contributed by atoms with Crippen molar-refractivity contribution >= 4 is 11.8 Å². The van der Waals surface area contributed by atoms with Gasteiger partial charge >= 0.3 is 0 Å². The van der Waals surface area contributed by atoms with Gasteiger partial charge in [0, 0.05) is 12.1 Å². The number of amides is 2. The average molecular weight is 238 g/mol. The number of halogens is 1. The van der Waals surface area contributed by atoms with Gasteiger partial charge in [0.1, 0.15) is 11.9 Å². The molecule has 0 aliphatic carbocycles. The van der Waals surface area contributed by atoms with Crippen LogP contribution >= 0.6 is 0 Å². The van der Waals surface area contributed by atoms with Crippen LogP contribution in [-0.4, -0.2) is 24.4 Å². The van der Waals surface area contributed by atoms with Crippen molar-refractivity contribution in [2.75, 3.05) is 6.54 Å². The van der Waals surface area contributed by atoms with Crippen molar-refractivity contribution < 1.29 is 14.0 Å². The number of nitrogens with one attached hydrogen (secondary N) is 2. The molecule has 1 rings (SSSR count). The van der Waals surface area contributed by atoms with E-state index in [1.54, 1.807) is 13.8 Å². The Morgan fingerprint density at radius 3 is 2.41 bits per heavy atom. The van der Waals surface area contributed by atoms with E-state index < -0.39 is 17.8 Å². The highest BCUT2D eigenvalue weighted by Crippen LogP contribution is 2.02. The van der Waals surface area contributed by atoms with Gasteiger partial charge in [-0.1, -0.05) is 0 Å². The highest BCUT2D eigenvalue weighted by atomic mass is 19.1. The lowest BCUT2D eigenvalue weighted by molar-refractivity contribution is -0.122. The molecule has 1 aromatic rings. The molecular formula is C12H15FN2O2. The van der Waals surface area contributed by atoms with Gasteiger partial charge in [0.2, 0.25) is 5.91 Å². The zero-order valence-electron chi connectivity index (χ0n) is 9.79. The fraction of sp³-hybridized carbons (Fsp3) is 0.333. The molecule has 0 bridgehead atoms. The molecule has 0 spiro atoms. The molecule has 92 valence electrons. The molecule has 0 heterocycles. The molecule has 0 unspecified atom stereocenters. The van der Waals surface area contributed by atoms with Crippen molar-refractivity contribution in [2.24, 2.45) is 0 Å². The van der Waals surface area contributed by atoms with E-state index in [9.17, 15) is 14.0 Å². The van der Waals surface area contributed by atoms with Crippen LogP contribution in [-0.2, 0) is 4.79 Å². The van der Waals surface area contributed by atoms with E-state index >= 15 is 0 Å². The van der Waals surface area contributed by atoms with E-state index in [0.717, 1.165) is 0 Å². The summed E-state index contributed by atoms with van der Waals surface area (Å²) in [6.07, 6.45) is 0. The van der Waals surface area contributed by atoms with Gasteiger partial charge in [-0.15, -0.1) is 0 Å². The highest BCUT2D eigenvalue weighted by Gasteiger charge is 2.15. The standard InChI is InChI=1S/C12H15FN2O2/c1-3-14-11(16)8(2)15-12(17)9-4-6-10(13)7-5-9/h4-8H,3H2,1-2H3,(H,14,16)(H,15,17)/t8-/m1/s1. The van der Waals surface area contributed by atoms with Crippen LogP contribution in [0.1, 0.15) is 24.2 Å². The third-order valence-electron chi connectivity index (χ3n) is 2.20. The summed E-state index contributed by atoms with van der Waals surface area (Å²) in [6.45, 7) is 3.90. The van der Waals surface area contributed by atoms with E-state index in [4.69, 9.17) is 0 Å². The van der Waals surface area contributed by atoms with E-state index in [1.165, 1.54) is 24.3 Å². The summed E-state index contributed by atoms with van der Waals surface area (Å²) < 4.78 is 12.6. The molecule has 0 saturated carbocycles. The second-order valence-electron chi connectivity index (χ2n) is 3.60. The molecule has 1 atom stereocenters. The summed E-state index contributed by atoms with van der Waals surface area (Å²) in [5.41, 5.74) is 0.322. The molecular weight excluding hydrogens is 223 g/mol. The van der Waals surface area contributed by atoms with Crippen LogP contribution in [0.3, 0.4) is 0 Å². The van der Waals surface area contributed by atoms with Crippen LogP contribution in [0.4, 0.5) is 4.39 Å². The number of carbonyl (C=O) groups excluding carboxylic acids is 2. The van der Waals surface area contributed by atoms with Gasteiger partial charge in [-0.2, -0.15) is 0 Å². The van der Waals surface area contributed by atoms with Crippen LogP contribution in [0.25, 0.3) is 0 Å². The molecule has 1 aromatic carbocycles. The third kappa shape index (κ3) is 3.86. The van der Waals surface area contributed by atoms with E-state index in [2.05, 4.69) is 10.6 Å². The number of rotatable bonds is 4. The summed E-state index contributed by atoms with van der Waals surface area (Å²) in [4.78, 5) is 23.0. The molecule has 0 saturated heterocycles. The van der Waals surface area contributed by atoms with Gasteiger partial charge in [-0.3, -0.25) is 9.59 Å². The lowest BCUT2D eigenvalue weighted by atomic mass is 10.2. The van der Waals surface area contributed by atoms with Crippen LogP contribution in [0.2, 0.25) is 0 Å². The van der Waals surface area contributed by atoms with Crippen molar-refractivity contribution in [2.45, 2.75) is 19.9 Å². The first-order valence-electron chi connectivity index (χ1n) is 5.38. The second kappa shape index (κ2) is 5.98. The van der Waals surface area contributed by atoms with Gasteiger partial charge in [-0.25, -0.2) is 4.39 Å². The number of likely N-dealkylation sites (N-methyl/N-ethyl adjacent to an activating group) is 1. The first kappa shape index (κ1) is 13.2. The summed E-state index contributed by atoms with van der Waals surface area (Å²) in [6, 6.07) is 4.52. The van der Waals surface area contributed by atoms with E-state index in [1.807, 2.05) is 0 Å². The van der Waals surface area contributed by atoms with Crippen molar-refractivity contribution in [3.8, 4) is 0 Å². The maximum absolute atomic E-state index is 12.6. The Bertz CT molecular complexity index is 403. The normalized spacial score (nSPS) is 11.7. The van der Waals surface area contributed by atoms with E-state index in [-0.39, 0.29) is 5.91 Å². The highest BCUT2D eigenvalue weighted by molar-refractivity contribution is 5.97. The summed E-state index contributed by atoms with van der Waals surface area (Å²) in [7, 11) is 0. The van der Waals surface area contributed by atoms with Crippen LogP contribution in [0.5, 0.6) is 0 Å². The second-order valence-corrected chi connectivity index (χ2v) is 3.60. The molecule has 0 aromatic heterocycles. The van der Waals surface area contributed by atoms with E-state index in [0.29, 0.717) is 12.1 Å². The lowest BCUT2D eigenvalue weighted by Crippen LogP contribution is -2.44. The van der Waals surface area contributed by atoms with Gasteiger partial charge in [0.25, 0.3) is 5.91 Å². The Hall–Kier alpha value is -1.91. The Kier molecular flexibility index (Phi) is 4.63. The zero-order chi connectivity index (χ0) is 12.8. The smallest absolute Gasteiger partial charge is 0.251 e. The lowest BCUT2D eigenvalue weighted by Gasteiger charge is -2.13. The Labute approximate surface area is 99.2 Å². The zero-order valence-corrected chi connectivity index (χ0v) is 9.79. The minimum atomic E-state index is -0.618. The Morgan fingerprint density at radius 2 is 1.88 bits per heavy atom. The molecule has 0 radical (unpaired) electrons. The molecule has 2 amide bonds. The monoisotopic (exact) mass is 238 g/mol. The third-order valence-corrected chi connectivity index (χ3v) is 2.20. The van der Waals surface area contributed by atoms with Crippen molar-refractivity contribution in [3.63, 3.8) is 0 Å². The number of hydrogen-bond donors (Lipinski definition) is 2. The molecule has 4 nitrogen and oxygen atoms in total. The Balaban J connectivity index is 2.60. The summed E-state index contributed by atoms with van der Waals surface area (Å²) >= 11 is 0. The predicted molar refractivity (Wildman–Crippen MR) is 62.0 cm³/mol. The number of hydrogen-bond acceptors (Lipinski definition) is 2. The van der Waals surface area contributed by atoms with Gasteiger partial charge in [-0.05, 0) is 38.1 Å². The minimum absolute atomic E-state index is 0.247. The molecule has 0 fully saturated rings. The van der Waals surface area contributed by atoms with Gasteiger partial charge < -0.3 is 10.6 Å². The van der Waals surface area contributed by atoms with Crippen molar-refractivity contribution in [1.82, 2.24) is 10.6 Å². The van der Waals surface area contributed by atoms with Crippen LogP contribution in [0.15, 0.2) is 24.3 Å².